The van der Waals surface area contributed by atoms with Gasteiger partial charge in [0.05, 0.1) is 5.56 Å². The van der Waals surface area contributed by atoms with E-state index in [9.17, 15) is 13.2 Å². The Labute approximate surface area is 98.2 Å². The van der Waals surface area contributed by atoms with Crippen molar-refractivity contribution < 1.29 is 13.2 Å². The Morgan fingerprint density at radius 3 is 2.12 bits per heavy atom. The molecule has 0 aliphatic heterocycles. The molecule has 0 radical (unpaired) electrons. The Bertz CT molecular complexity index is 372. The zero-order chi connectivity index (χ0) is 11.1. The van der Waals surface area contributed by atoms with Crippen molar-refractivity contribution in [2.24, 2.45) is 5.73 Å². The Hall–Kier alpha value is -0.740. The lowest BCUT2D eigenvalue weighted by Crippen LogP contribution is -2.44. The second-order valence-corrected chi connectivity index (χ2v) is 4.05. The standard InChI is InChI=1S/C11H12F3N.ClH/c12-11(13,14)9-5-2-1-4-8(9)10(15)6-3-7-10;/h1-2,4-5H,3,6-7,15H2;1H. The number of hydrogen-bond donors (Lipinski definition) is 1. The van der Waals surface area contributed by atoms with Crippen LogP contribution >= 0.6 is 12.4 Å². The molecule has 1 aromatic rings. The molecule has 0 aromatic heterocycles. The van der Waals surface area contributed by atoms with Crippen molar-refractivity contribution >= 4 is 12.4 Å². The lowest BCUT2D eigenvalue weighted by atomic mass is 9.71. The SMILES string of the molecule is Cl.NC1(c2ccccc2C(F)(F)F)CCC1. The maximum absolute atomic E-state index is 12.7. The lowest BCUT2D eigenvalue weighted by Gasteiger charge is -2.40. The number of rotatable bonds is 1. The molecule has 1 aliphatic rings. The summed E-state index contributed by atoms with van der Waals surface area (Å²) in [7, 11) is 0. The summed E-state index contributed by atoms with van der Waals surface area (Å²) in [4.78, 5) is 0. The number of hydrogen-bond acceptors (Lipinski definition) is 1. The molecule has 0 bridgehead atoms. The average molecular weight is 252 g/mol. The number of benzene rings is 1. The smallest absolute Gasteiger partial charge is 0.321 e. The molecule has 2 rings (SSSR count). The Balaban J connectivity index is 0.00000128. The van der Waals surface area contributed by atoms with Gasteiger partial charge in [-0.15, -0.1) is 12.4 Å². The van der Waals surface area contributed by atoms with Gasteiger partial charge in [-0.25, -0.2) is 0 Å². The van der Waals surface area contributed by atoms with Crippen molar-refractivity contribution in [2.75, 3.05) is 0 Å². The van der Waals surface area contributed by atoms with E-state index in [0.29, 0.717) is 12.8 Å². The maximum Gasteiger partial charge on any atom is 0.416 e. The van der Waals surface area contributed by atoms with Crippen LogP contribution in [-0.2, 0) is 11.7 Å². The van der Waals surface area contributed by atoms with Crippen molar-refractivity contribution in [3.63, 3.8) is 0 Å². The van der Waals surface area contributed by atoms with Crippen LogP contribution < -0.4 is 5.73 Å². The van der Waals surface area contributed by atoms with Gasteiger partial charge in [0, 0.05) is 5.54 Å². The summed E-state index contributed by atoms with van der Waals surface area (Å²) in [5.41, 5.74) is 4.81. The van der Waals surface area contributed by atoms with Gasteiger partial charge in [-0.05, 0) is 30.9 Å². The molecule has 5 heteroatoms. The van der Waals surface area contributed by atoms with Crippen LogP contribution in [0, 0.1) is 0 Å². The Morgan fingerprint density at radius 1 is 1.12 bits per heavy atom. The molecular weight excluding hydrogens is 239 g/mol. The first-order chi connectivity index (χ1) is 6.93. The predicted molar refractivity (Wildman–Crippen MR) is 58.4 cm³/mol. The lowest BCUT2D eigenvalue weighted by molar-refractivity contribution is -0.139. The van der Waals surface area contributed by atoms with Crippen LogP contribution in [0.4, 0.5) is 13.2 Å². The van der Waals surface area contributed by atoms with Crippen molar-refractivity contribution in [3.8, 4) is 0 Å². The summed E-state index contributed by atoms with van der Waals surface area (Å²) in [6.07, 6.45) is -2.12. The first-order valence-electron chi connectivity index (χ1n) is 4.89. The van der Waals surface area contributed by atoms with Gasteiger partial charge < -0.3 is 5.73 Å². The fraction of sp³-hybridized carbons (Fsp3) is 0.455. The minimum Gasteiger partial charge on any atom is -0.321 e. The summed E-state index contributed by atoms with van der Waals surface area (Å²) in [6, 6.07) is 5.59. The summed E-state index contributed by atoms with van der Waals surface area (Å²) in [6.45, 7) is 0. The maximum atomic E-state index is 12.7. The van der Waals surface area contributed by atoms with Crippen LogP contribution in [0.5, 0.6) is 0 Å². The van der Waals surface area contributed by atoms with Crippen LogP contribution in [0.2, 0.25) is 0 Å². The van der Waals surface area contributed by atoms with Gasteiger partial charge in [0.2, 0.25) is 0 Å². The summed E-state index contributed by atoms with van der Waals surface area (Å²) in [5, 5.41) is 0. The van der Waals surface area contributed by atoms with E-state index >= 15 is 0 Å². The van der Waals surface area contributed by atoms with Crippen molar-refractivity contribution in [1.29, 1.82) is 0 Å². The highest BCUT2D eigenvalue weighted by atomic mass is 35.5. The molecule has 0 spiro atoms. The first-order valence-corrected chi connectivity index (χ1v) is 4.89. The number of nitrogens with two attached hydrogens (primary N) is 1. The Morgan fingerprint density at radius 2 is 1.69 bits per heavy atom. The molecule has 1 nitrogen and oxygen atoms in total. The summed E-state index contributed by atoms with van der Waals surface area (Å²) >= 11 is 0. The fourth-order valence-electron chi connectivity index (χ4n) is 1.99. The monoisotopic (exact) mass is 251 g/mol. The molecular formula is C11H13ClF3N. The highest BCUT2D eigenvalue weighted by Crippen LogP contribution is 2.44. The zero-order valence-corrected chi connectivity index (χ0v) is 9.37. The quantitative estimate of drug-likeness (QED) is 0.813. The van der Waals surface area contributed by atoms with E-state index in [-0.39, 0.29) is 18.0 Å². The first kappa shape index (κ1) is 13.3. The van der Waals surface area contributed by atoms with Crippen molar-refractivity contribution in [1.82, 2.24) is 0 Å². The third kappa shape index (κ3) is 2.18. The highest BCUT2D eigenvalue weighted by molar-refractivity contribution is 5.85. The number of halogens is 4. The van der Waals surface area contributed by atoms with Crippen LogP contribution in [0.3, 0.4) is 0 Å². The third-order valence-electron chi connectivity index (χ3n) is 3.01. The van der Waals surface area contributed by atoms with E-state index in [4.69, 9.17) is 5.73 Å². The molecule has 1 aliphatic carbocycles. The molecule has 16 heavy (non-hydrogen) atoms. The van der Waals surface area contributed by atoms with Gasteiger partial charge in [-0.1, -0.05) is 18.2 Å². The van der Waals surface area contributed by atoms with Crippen molar-refractivity contribution in [3.05, 3.63) is 35.4 Å². The van der Waals surface area contributed by atoms with Crippen LogP contribution in [-0.4, -0.2) is 0 Å². The van der Waals surface area contributed by atoms with E-state index < -0.39 is 17.3 Å². The topological polar surface area (TPSA) is 26.0 Å². The van der Waals surface area contributed by atoms with E-state index in [1.807, 2.05) is 0 Å². The van der Waals surface area contributed by atoms with Gasteiger partial charge in [-0.2, -0.15) is 13.2 Å². The molecule has 0 atom stereocenters. The second kappa shape index (κ2) is 4.26. The summed E-state index contributed by atoms with van der Waals surface area (Å²) < 4.78 is 38.1. The molecule has 0 unspecified atom stereocenters. The van der Waals surface area contributed by atoms with Crippen LogP contribution in [0.1, 0.15) is 30.4 Å². The van der Waals surface area contributed by atoms with Gasteiger partial charge in [-0.3, -0.25) is 0 Å². The number of alkyl halides is 3. The molecule has 2 N–H and O–H groups in total. The minimum atomic E-state index is -4.31. The zero-order valence-electron chi connectivity index (χ0n) is 8.55. The Kier molecular flexibility index (Phi) is 3.55. The predicted octanol–water partition coefficient (Wildman–Crippen LogP) is 3.47. The molecule has 1 saturated carbocycles. The van der Waals surface area contributed by atoms with E-state index in [1.54, 1.807) is 6.07 Å². The molecule has 0 saturated heterocycles. The average Bonchev–Trinajstić information content (AvgIpc) is 2.13. The van der Waals surface area contributed by atoms with Crippen LogP contribution in [0.25, 0.3) is 0 Å². The van der Waals surface area contributed by atoms with E-state index in [1.165, 1.54) is 12.1 Å². The molecule has 0 heterocycles. The molecule has 0 amide bonds. The summed E-state index contributed by atoms with van der Waals surface area (Å²) in [5.74, 6) is 0. The fourth-order valence-corrected chi connectivity index (χ4v) is 1.99. The van der Waals surface area contributed by atoms with Gasteiger partial charge >= 0.3 is 6.18 Å². The third-order valence-corrected chi connectivity index (χ3v) is 3.01. The largest absolute Gasteiger partial charge is 0.416 e. The molecule has 1 aromatic carbocycles. The van der Waals surface area contributed by atoms with E-state index in [0.717, 1.165) is 12.5 Å². The molecule has 1 fully saturated rings. The molecule has 90 valence electrons. The van der Waals surface area contributed by atoms with E-state index in [2.05, 4.69) is 0 Å². The van der Waals surface area contributed by atoms with Crippen molar-refractivity contribution in [2.45, 2.75) is 31.0 Å². The minimum absolute atomic E-state index is 0. The normalized spacial score (nSPS) is 18.5. The highest BCUT2D eigenvalue weighted by Gasteiger charge is 2.42. The van der Waals surface area contributed by atoms with Crippen LogP contribution in [0.15, 0.2) is 24.3 Å². The second-order valence-electron chi connectivity index (χ2n) is 4.05. The van der Waals surface area contributed by atoms with Gasteiger partial charge in [0.25, 0.3) is 0 Å². The van der Waals surface area contributed by atoms with Gasteiger partial charge in [0.1, 0.15) is 0 Å². The van der Waals surface area contributed by atoms with Gasteiger partial charge in [0.15, 0.2) is 0 Å².